The molecule has 0 bridgehead atoms. The molecule has 32 heavy (non-hydrogen) atoms. The lowest BCUT2D eigenvalue weighted by Gasteiger charge is -2.34. The topological polar surface area (TPSA) is 57.5 Å². The fraction of sp³-hybridized carbons (Fsp3) is 0.483. The Balaban J connectivity index is 2.44. The fourth-order valence-electron chi connectivity index (χ4n) is 4.21. The molecule has 0 aromatic heterocycles. The average Bonchev–Trinajstić information content (AvgIpc) is 2.72. The molecule has 0 aliphatic carbocycles. The summed E-state index contributed by atoms with van der Waals surface area (Å²) < 4.78 is 0. The van der Waals surface area contributed by atoms with Crippen LogP contribution in [-0.2, 0) is 16.6 Å². The van der Waals surface area contributed by atoms with Gasteiger partial charge in [0.1, 0.15) is 6.10 Å². The normalized spacial score (nSPS) is 12.8. The van der Waals surface area contributed by atoms with Crippen molar-refractivity contribution in [3.05, 3.63) is 69.8 Å². The zero-order valence-electron chi connectivity index (χ0n) is 20.7. The van der Waals surface area contributed by atoms with Crippen LogP contribution in [0.15, 0.2) is 36.4 Å². The summed E-state index contributed by atoms with van der Waals surface area (Å²) in [5.74, 6) is 5.40. The molecule has 0 aliphatic heterocycles. The van der Waals surface area contributed by atoms with Crippen molar-refractivity contribution in [3.63, 3.8) is 0 Å². The molecule has 2 rings (SSSR count). The Morgan fingerprint density at radius 1 is 0.969 bits per heavy atom. The highest BCUT2D eigenvalue weighted by Gasteiger charge is 2.31. The van der Waals surface area contributed by atoms with E-state index in [-0.39, 0.29) is 17.3 Å². The third-order valence-electron chi connectivity index (χ3n) is 6.65. The lowest BCUT2D eigenvalue weighted by Crippen LogP contribution is -2.26. The molecule has 0 amide bonds. The molecule has 1 atom stereocenters. The molecule has 0 saturated carbocycles. The highest BCUT2D eigenvalue weighted by Crippen LogP contribution is 2.40. The Kier molecular flexibility index (Phi) is 8.32. The number of carboxylic acids is 1. The first-order valence-corrected chi connectivity index (χ1v) is 11.6. The monoisotopic (exact) mass is 434 g/mol. The summed E-state index contributed by atoms with van der Waals surface area (Å²) in [7, 11) is 0. The standard InChI is InChI=1S/C29H38O3/c1-8-29(9-2,25-15-11-23(21(4)19-25)13-17-27(31)32)24-14-10-22(20(3)18-24)12-16-26(30)28(5,6)7/h10-11,14-15,18-19,26,30H,8-9,13,17H2,1-7H3,(H,31,32). The van der Waals surface area contributed by atoms with Crippen molar-refractivity contribution in [3.8, 4) is 11.8 Å². The number of carbonyl (C=O) groups is 1. The number of aliphatic hydroxyl groups excluding tert-OH is 1. The van der Waals surface area contributed by atoms with Gasteiger partial charge in [0.2, 0.25) is 0 Å². The molecule has 172 valence electrons. The Labute approximate surface area is 193 Å². The van der Waals surface area contributed by atoms with Gasteiger partial charge in [-0.2, -0.15) is 0 Å². The lowest BCUT2D eigenvalue weighted by atomic mass is 9.69. The summed E-state index contributed by atoms with van der Waals surface area (Å²) in [6.07, 6.45) is 1.96. The molecule has 2 aromatic rings. The van der Waals surface area contributed by atoms with E-state index in [2.05, 4.69) is 75.9 Å². The number of hydrogen-bond acceptors (Lipinski definition) is 2. The summed E-state index contributed by atoms with van der Waals surface area (Å²) >= 11 is 0. The van der Waals surface area contributed by atoms with Gasteiger partial charge in [-0.05, 0) is 72.4 Å². The number of aryl methyl sites for hydroxylation is 3. The summed E-state index contributed by atoms with van der Waals surface area (Å²) in [6.45, 7) is 14.5. The molecular formula is C29H38O3. The van der Waals surface area contributed by atoms with Gasteiger partial charge in [0.15, 0.2) is 0 Å². The van der Waals surface area contributed by atoms with Crippen LogP contribution in [0.1, 0.15) is 87.3 Å². The summed E-state index contributed by atoms with van der Waals surface area (Å²) in [5, 5.41) is 19.3. The second kappa shape index (κ2) is 10.4. The van der Waals surface area contributed by atoms with Gasteiger partial charge < -0.3 is 10.2 Å². The molecule has 0 spiro atoms. The van der Waals surface area contributed by atoms with E-state index >= 15 is 0 Å². The van der Waals surface area contributed by atoms with Crippen molar-refractivity contribution < 1.29 is 15.0 Å². The van der Waals surface area contributed by atoms with Crippen molar-refractivity contribution in [1.82, 2.24) is 0 Å². The maximum absolute atomic E-state index is 11.0. The molecule has 0 fully saturated rings. The van der Waals surface area contributed by atoms with Crippen molar-refractivity contribution in [2.75, 3.05) is 0 Å². The predicted octanol–water partition coefficient (Wildman–Crippen LogP) is 6.19. The number of aliphatic hydroxyl groups is 1. The van der Waals surface area contributed by atoms with Crippen LogP contribution < -0.4 is 0 Å². The van der Waals surface area contributed by atoms with Crippen LogP contribution >= 0.6 is 0 Å². The van der Waals surface area contributed by atoms with E-state index in [9.17, 15) is 9.90 Å². The van der Waals surface area contributed by atoms with Crippen LogP contribution in [0.25, 0.3) is 0 Å². The average molecular weight is 435 g/mol. The third-order valence-corrected chi connectivity index (χ3v) is 6.65. The van der Waals surface area contributed by atoms with Crippen LogP contribution in [0.2, 0.25) is 0 Å². The van der Waals surface area contributed by atoms with Crippen LogP contribution in [-0.4, -0.2) is 22.3 Å². The first kappa shape index (κ1) is 25.7. The van der Waals surface area contributed by atoms with E-state index in [1.54, 1.807) is 0 Å². The Bertz CT molecular complexity index is 1010. The minimum absolute atomic E-state index is 0.113. The molecule has 2 aromatic carbocycles. The number of carboxylic acid groups (broad SMARTS) is 1. The first-order chi connectivity index (χ1) is 14.9. The molecule has 0 aliphatic rings. The molecule has 3 nitrogen and oxygen atoms in total. The van der Waals surface area contributed by atoms with Gasteiger partial charge >= 0.3 is 5.97 Å². The smallest absolute Gasteiger partial charge is 0.303 e. The van der Waals surface area contributed by atoms with E-state index in [0.717, 1.165) is 35.1 Å². The minimum Gasteiger partial charge on any atom is -0.481 e. The van der Waals surface area contributed by atoms with Crippen LogP contribution in [0.5, 0.6) is 0 Å². The molecular weight excluding hydrogens is 396 g/mol. The predicted molar refractivity (Wildman–Crippen MR) is 132 cm³/mol. The largest absolute Gasteiger partial charge is 0.481 e. The van der Waals surface area contributed by atoms with Crippen LogP contribution in [0.4, 0.5) is 0 Å². The van der Waals surface area contributed by atoms with Crippen molar-refractivity contribution in [1.29, 1.82) is 0 Å². The number of aliphatic carboxylic acids is 1. The van der Waals surface area contributed by atoms with Gasteiger partial charge in [0, 0.05) is 17.4 Å². The SMILES string of the molecule is CCC(CC)(c1ccc(C#CC(O)C(C)(C)C)c(C)c1)c1ccc(CCC(=O)O)c(C)c1. The van der Waals surface area contributed by atoms with Crippen molar-refractivity contribution in [2.45, 2.75) is 85.7 Å². The second-order valence-corrected chi connectivity index (χ2v) is 9.89. The zero-order chi connectivity index (χ0) is 24.1. The summed E-state index contributed by atoms with van der Waals surface area (Å²) in [4.78, 5) is 11.0. The number of rotatable bonds is 7. The fourth-order valence-corrected chi connectivity index (χ4v) is 4.21. The molecule has 0 saturated heterocycles. The lowest BCUT2D eigenvalue weighted by molar-refractivity contribution is -0.136. The molecule has 3 heteroatoms. The highest BCUT2D eigenvalue weighted by molar-refractivity contribution is 5.67. The van der Waals surface area contributed by atoms with E-state index in [0.29, 0.717) is 6.42 Å². The van der Waals surface area contributed by atoms with E-state index < -0.39 is 12.1 Å². The number of hydrogen-bond donors (Lipinski definition) is 2. The third kappa shape index (κ3) is 5.81. The molecule has 2 N–H and O–H groups in total. The molecule has 0 radical (unpaired) electrons. The highest BCUT2D eigenvalue weighted by atomic mass is 16.4. The van der Waals surface area contributed by atoms with Crippen molar-refractivity contribution in [2.24, 2.45) is 5.41 Å². The second-order valence-electron chi connectivity index (χ2n) is 9.89. The van der Waals surface area contributed by atoms with Gasteiger partial charge in [0.25, 0.3) is 0 Å². The van der Waals surface area contributed by atoms with Gasteiger partial charge in [-0.1, -0.05) is 76.8 Å². The van der Waals surface area contributed by atoms with E-state index in [1.807, 2.05) is 20.8 Å². The Morgan fingerprint density at radius 3 is 2.00 bits per heavy atom. The Morgan fingerprint density at radius 2 is 1.53 bits per heavy atom. The first-order valence-electron chi connectivity index (χ1n) is 11.6. The minimum atomic E-state index is -0.765. The van der Waals surface area contributed by atoms with Gasteiger partial charge in [0.05, 0.1) is 0 Å². The van der Waals surface area contributed by atoms with E-state index in [4.69, 9.17) is 5.11 Å². The van der Waals surface area contributed by atoms with E-state index in [1.165, 1.54) is 11.1 Å². The van der Waals surface area contributed by atoms with Gasteiger partial charge in [-0.15, -0.1) is 0 Å². The maximum atomic E-state index is 11.0. The molecule has 1 unspecified atom stereocenters. The summed E-state index contributed by atoms with van der Waals surface area (Å²) in [5.41, 5.74) is 6.43. The quantitative estimate of drug-likeness (QED) is 0.511. The van der Waals surface area contributed by atoms with Crippen LogP contribution in [0.3, 0.4) is 0 Å². The van der Waals surface area contributed by atoms with Gasteiger partial charge in [-0.25, -0.2) is 0 Å². The van der Waals surface area contributed by atoms with Gasteiger partial charge in [-0.3, -0.25) is 4.79 Å². The zero-order valence-corrected chi connectivity index (χ0v) is 20.7. The summed E-state index contributed by atoms with van der Waals surface area (Å²) in [6, 6.07) is 13.0. The molecule has 0 heterocycles. The van der Waals surface area contributed by atoms with Crippen LogP contribution in [0, 0.1) is 31.1 Å². The maximum Gasteiger partial charge on any atom is 0.303 e. The Hall–Kier alpha value is -2.57. The number of benzene rings is 2. The van der Waals surface area contributed by atoms with Crippen molar-refractivity contribution >= 4 is 5.97 Å².